The van der Waals surface area contributed by atoms with Gasteiger partial charge in [-0.05, 0) is 26.0 Å². The van der Waals surface area contributed by atoms with Crippen LogP contribution in [0.3, 0.4) is 0 Å². The molecule has 2 aromatic rings. The predicted octanol–water partition coefficient (Wildman–Crippen LogP) is 2.76. The number of halogens is 1. The maximum atomic E-state index is 6.02. The summed E-state index contributed by atoms with van der Waals surface area (Å²) < 4.78 is 2.01. The average Bonchev–Trinajstić information content (AvgIpc) is 2.66. The van der Waals surface area contributed by atoms with E-state index in [0.29, 0.717) is 0 Å². The van der Waals surface area contributed by atoms with Crippen LogP contribution >= 0.6 is 11.6 Å². The number of fused-ring (bicyclic) bond motifs is 1. The second-order valence-electron chi connectivity index (χ2n) is 3.68. The van der Waals surface area contributed by atoms with Crippen LogP contribution in [0.2, 0.25) is 0 Å². The fourth-order valence-electron chi connectivity index (χ4n) is 1.41. The third-order valence-corrected chi connectivity index (χ3v) is 2.87. The molecular weight excluding hydrogens is 210 g/mol. The zero-order chi connectivity index (χ0) is 10.8. The van der Waals surface area contributed by atoms with Crippen LogP contribution in [0.15, 0.2) is 30.6 Å². The highest BCUT2D eigenvalue weighted by Crippen LogP contribution is 2.14. The van der Waals surface area contributed by atoms with Gasteiger partial charge in [-0.25, -0.2) is 4.98 Å². The molecule has 3 nitrogen and oxygen atoms in total. The van der Waals surface area contributed by atoms with Crippen molar-refractivity contribution in [2.75, 3.05) is 5.32 Å². The third kappa shape index (κ3) is 2.07. The first-order valence-corrected chi connectivity index (χ1v) is 5.45. The number of pyridine rings is 1. The van der Waals surface area contributed by atoms with Crippen molar-refractivity contribution >= 4 is 23.1 Å². The van der Waals surface area contributed by atoms with Gasteiger partial charge in [-0.1, -0.05) is 6.07 Å². The van der Waals surface area contributed by atoms with Gasteiger partial charge in [0.2, 0.25) is 0 Å². The largest absolute Gasteiger partial charge is 0.367 e. The van der Waals surface area contributed by atoms with Gasteiger partial charge in [0.15, 0.2) is 0 Å². The number of rotatable bonds is 3. The van der Waals surface area contributed by atoms with E-state index in [-0.39, 0.29) is 11.4 Å². The Bertz CT molecular complexity index is 450. The maximum absolute atomic E-state index is 6.02. The minimum atomic E-state index is 0.0868. The molecule has 15 heavy (non-hydrogen) atoms. The first-order valence-electron chi connectivity index (χ1n) is 5.01. The molecule has 2 atom stereocenters. The van der Waals surface area contributed by atoms with Gasteiger partial charge in [0.25, 0.3) is 0 Å². The molecule has 0 fully saturated rings. The van der Waals surface area contributed by atoms with Gasteiger partial charge in [0, 0.05) is 18.4 Å². The predicted molar refractivity (Wildman–Crippen MR) is 63.6 cm³/mol. The van der Waals surface area contributed by atoms with Gasteiger partial charge < -0.3 is 5.32 Å². The highest BCUT2D eigenvalue weighted by molar-refractivity contribution is 6.20. The summed E-state index contributed by atoms with van der Waals surface area (Å²) in [4.78, 5) is 4.22. The van der Waals surface area contributed by atoms with Crippen molar-refractivity contribution in [2.45, 2.75) is 25.3 Å². The van der Waals surface area contributed by atoms with Crippen molar-refractivity contribution in [1.82, 2.24) is 9.38 Å². The van der Waals surface area contributed by atoms with Crippen LogP contribution in [-0.2, 0) is 0 Å². The molecule has 0 bridgehead atoms. The van der Waals surface area contributed by atoms with Gasteiger partial charge in [-0.3, -0.25) is 4.40 Å². The van der Waals surface area contributed by atoms with Crippen LogP contribution in [0, 0.1) is 0 Å². The van der Waals surface area contributed by atoms with Gasteiger partial charge in [-0.2, -0.15) is 0 Å². The van der Waals surface area contributed by atoms with Crippen molar-refractivity contribution in [3.8, 4) is 0 Å². The Kier molecular flexibility index (Phi) is 2.82. The van der Waals surface area contributed by atoms with Crippen molar-refractivity contribution in [3.05, 3.63) is 30.6 Å². The van der Waals surface area contributed by atoms with Crippen LogP contribution in [-0.4, -0.2) is 20.8 Å². The van der Waals surface area contributed by atoms with E-state index in [0.717, 1.165) is 11.5 Å². The minimum Gasteiger partial charge on any atom is -0.367 e. The Hall–Kier alpha value is -1.22. The Morgan fingerprint density at radius 1 is 1.40 bits per heavy atom. The van der Waals surface area contributed by atoms with Gasteiger partial charge in [0.05, 0.1) is 5.38 Å². The highest BCUT2D eigenvalue weighted by atomic mass is 35.5. The van der Waals surface area contributed by atoms with E-state index in [9.17, 15) is 0 Å². The SMILES string of the molecule is CC(Cl)C(C)Nc1cccc2nccn12. The van der Waals surface area contributed by atoms with Crippen LogP contribution in [0.1, 0.15) is 13.8 Å². The Morgan fingerprint density at radius 3 is 2.93 bits per heavy atom. The number of hydrogen-bond acceptors (Lipinski definition) is 2. The van der Waals surface area contributed by atoms with E-state index in [2.05, 4.69) is 17.2 Å². The molecule has 0 aromatic carbocycles. The number of hydrogen-bond donors (Lipinski definition) is 1. The molecule has 0 saturated heterocycles. The summed E-state index contributed by atoms with van der Waals surface area (Å²) in [6.45, 7) is 4.04. The van der Waals surface area contributed by atoms with E-state index in [4.69, 9.17) is 11.6 Å². The fraction of sp³-hybridized carbons (Fsp3) is 0.364. The van der Waals surface area contributed by atoms with Crippen molar-refractivity contribution in [3.63, 3.8) is 0 Å². The molecule has 2 rings (SSSR count). The summed E-state index contributed by atoms with van der Waals surface area (Å²) in [5.74, 6) is 1.02. The first kappa shape index (κ1) is 10.3. The lowest BCUT2D eigenvalue weighted by Gasteiger charge is -2.18. The number of imidazole rings is 1. The molecule has 2 unspecified atom stereocenters. The van der Waals surface area contributed by atoms with Crippen molar-refractivity contribution in [1.29, 1.82) is 0 Å². The lowest BCUT2D eigenvalue weighted by Crippen LogP contribution is -2.25. The molecule has 0 aliphatic heterocycles. The molecule has 80 valence electrons. The molecular formula is C11H14ClN3. The second kappa shape index (κ2) is 4.11. The van der Waals surface area contributed by atoms with Gasteiger partial charge >= 0.3 is 0 Å². The average molecular weight is 224 g/mol. The lowest BCUT2D eigenvalue weighted by molar-refractivity contribution is 0.765. The molecule has 4 heteroatoms. The molecule has 2 aromatic heterocycles. The maximum Gasteiger partial charge on any atom is 0.138 e. The second-order valence-corrected chi connectivity index (χ2v) is 4.37. The van der Waals surface area contributed by atoms with E-state index in [1.54, 1.807) is 6.20 Å². The monoisotopic (exact) mass is 223 g/mol. The molecule has 0 saturated carbocycles. The van der Waals surface area contributed by atoms with E-state index in [1.165, 1.54) is 0 Å². The summed E-state index contributed by atoms with van der Waals surface area (Å²) in [6.07, 6.45) is 3.72. The molecule has 0 radical (unpaired) electrons. The molecule has 0 amide bonds. The highest BCUT2D eigenvalue weighted by Gasteiger charge is 2.09. The van der Waals surface area contributed by atoms with Crippen LogP contribution in [0.25, 0.3) is 5.65 Å². The minimum absolute atomic E-state index is 0.0868. The standard InChI is InChI=1S/C11H14ClN3/c1-8(12)9(2)14-11-5-3-4-10-13-6-7-15(10)11/h3-9,14H,1-2H3. The van der Waals surface area contributed by atoms with Crippen molar-refractivity contribution in [2.24, 2.45) is 0 Å². The topological polar surface area (TPSA) is 29.3 Å². The summed E-state index contributed by atoms with van der Waals surface area (Å²) in [5.41, 5.74) is 0.939. The molecule has 2 heterocycles. The Balaban J connectivity index is 2.31. The van der Waals surface area contributed by atoms with Gasteiger partial charge in [-0.15, -0.1) is 11.6 Å². The zero-order valence-corrected chi connectivity index (χ0v) is 9.57. The summed E-state index contributed by atoms with van der Waals surface area (Å²) in [6, 6.07) is 6.19. The van der Waals surface area contributed by atoms with E-state index < -0.39 is 0 Å². The van der Waals surface area contributed by atoms with E-state index >= 15 is 0 Å². The quantitative estimate of drug-likeness (QED) is 0.811. The molecule has 0 aliphatic rings. The molecule has 1 N–H and O–H groups in total. The molecule has 0 aliphatic carbocycles. The van der Waals surface area contributed by atoms with Crippen LogP contribution in [0.4, 0.5) is 5.82 Å². The number of nitrogens with one attached hydrogen (secondary N) is 1. The Labute approximate surface area is 94.1 Å². The number of aromatic nitrogens is 2. The summed E-state index contributed by atoms with van der Waals surface area (Å²) in [7, 11) is 0. The zero-order valence-electron chi connectivity index (χ0n) is 8.81. The third-order valence-electron chi connectivity index (χ3n) is 2.49. The summed E-state index contributed by atoms with van der Waals surface area (Å²) in [5, 5.41) is 3.45. The summed E-state index contributed by atoms with van der Waals surface area (Å²) >= 11 is 6.02. The molecule has 0 spiro atoms. The smallest absolute Gasteiger partial charge is 0.138 e. The number of alkyl halides is 1. The van der Waals surface area contributed by atoms with Crippen LogP contribution in [0.5, 0.6) is 0 Å². The number of nitrogens with zero attached hydrogens (tertiary/aromatic N) is 2. The lowest BCUT2D eigenvalue weighted by atomic mass is 10.2. The number of anilines is 1. The van der Waals surface area contributed by atoms with Gasteiger partial charge in [0.1, 0.15) is 11.5 Å². The normalized spacial score (nSPS) is 15.1. The fourth-order valence-corrected chi connectivity index (χ4v) is 1.48. The van der Waals surface area contributed by atoms with E-state index in [1.807, 2.05) is 35.7 Å². The van der Waals surface area contributed by atoms with Crippen LogP contribution < -0.4 is 5.32 Å². The van der Waals surface area contributed by atoms with Crippen molar-refractivity contribution < 1.29 is 0 Å². The Morgan fingerprint density at radius 2 is 2.20 bits per heavy atom. The first-order chi connectivity index (χ1) is 7.18.